The summed E-state index contributed by atoms with van der Waals surface area (Å²) >= 11 is 8.98. The number of halogens is 1. The second-order valence-electron chi connectivity index (χ2n) is 7.32. The van der Waals surface area contributed by atoms with Gasteiger partial charge in [0, 0.05) is 17.1 Å². The van der Waals surface area contributed by atoms with Gasteiger partial charge in [-0.25, -0.2) is 4.39 Å². The second kappa shape index (κ2) is 8.93. The molecule has 0 radical (unpaired) electrons. The Bertz CT molecular complexity index is 1260. The predicted molar refractivity (Wildman–Crippen MR) is 130 cm³/mol. The highest BCUT2D eigenvalue weighted by Gasteiger charge is 2.34. The topological polar surface area (TPSA) is 54.2 Å². The number of nitrogens with zero attached hydrogens (tertiary/aromatic N) is 3. The lowest BCUT2D eigenvalue weighted by molar-refractivity contribution is 0.397. The molecule has 1 unspecified atom stereocenters. The standard InChI is InChI=1S/C23H19FN4OS3/c1-14-19(22-26-21(27-29-22)18-8-4-12-32-18)20(15-5-2-6-16(24)13-15)25-23(30)28(14)10-9-17-7-3-11-31-17/h2-8,11-13,20H,9-10H2,1H3,(H,25,30). The molecule has 32 heavy (non-hydrogen) atoms. The van der Waals surface area contributed by atoms with Gasteiger partial charge in [-0.05, 0) is 66.2 Å². The van der Waals surface area contributed by atoms with E-state index in [1.54, 1.807) is 28.7 Å². The van der Waals surface area contributed by atoms with Crippen LogP contribution in [0.15, 0.2) is 69.5 Å². The lowest BCUT2D eigenvalue weighted by atomic mass is 9.94. The van der Waals surface area contributed by atoms with E-state index in [4.69, 9.17) is 16.7 Å². The van der Waals surface area contributed by atoms with E-state index >= 15 is 0 Å². The van der Waals surface area contributed by atoms with Crippen LogP contribution in [0.2, 0.25) is 0 Å². The molecule has 1 aliphatic rings. The molecule has 162 valence electrons. The van der Waals surface area contributed by atoms with E-state index in [1.165, 1.54) is 17.0 Å². The molecule has 0 saturated heterocycles. The van der Waals surface area contributed by atoms with Gasteiger partial charge in [0.25, 0.3) is 5.89 Å². The molecular weight excluding hydrogens is 463 g/mol. The van der Waals surface area contributed by atoms with Gasteiger partial charge in [0.2, 0.25) is 5.82 Å². The van der Waals surface area contributed by atoms with Gasteiger partial charge >= 0.3 is 0 Å². The lowest BCUT2D eigenvalue weighted by Gasteiger charge is -2.37. The number of benzene rings is 1. The molecule has 0 aliphatic carbocycles. The van der Waals surface area contributed by atoms with Crippen LogP contribution in [0.3, 0.4) is 0 Å². The molecule has 1 atom stereocenters. The number of hydrogen-bond donors (Lipinski definition) is 1. The fourth-order valence-electron chi connectivity index (χ4n) is 3.78. The summed E-state index contributed by atoms with van der Waals surface area (Å²) in [7, 11) is 0. The third kappa shape index (κ3) is 4.11. The number of hydrogen-bond acceptors (Lipinski definition) is 6. The van der Waals surface area contributed by atoms with Crippen molar-refractivity contribution in [3.05, 3.63) is 87.1 Å². The molecule has 0 fully saturated rings. The number of thiocarbonyl (C=S) groups is 1. The van der Waals surface area contributed by atoms with Crippen molar-refractivity contribution in [3.63, 3.8) is 0 Å². The molecule has 4 heterocycles. The van der Waals surface area contributed by atoms with Gasteiger partial charge in [-0.1, -0.05) is 29.4 Å². The maximum atomic E-state index is 14.1. The van der Waals surface area contributed by atoms with Crippen molar-refractivity contribution in [1.29, 1.82) is 0 Å². The summed E-state index contributed by atoms with van der Waals surface area (Å²) in [6.07, 6.45) is 0.860. The van der Waals surface area contributed by atoms with Gasteiger partial charge in [-0.2, -0.15) is 4.98 Å². The molecule has 1 N–H and O–H groups in total. The van der Waals surface area contributed by atoms with E-state index in [0.717, 1.165) is 28.1 Å². The van der Waals surface area contributed by atoms with Crippen molar-refractivity contribution in [2.24, 2.45) is 0 Å². The first kappa shape index (κ1) is 21.0. The van der Waals surface area contributed by atoms with E-state index in [0.29, 0.717) is 23.4 Å². The third-order valence-electron chi connectivity index (χ3n) is 5.34. The largest absolute Gasteiger partial charge is 0.351 e. The van der Waals surface area contributed by atoms with Gasteiger partial charge in [0.1, 0.15) is 5.82 Å². The first-order chi connectivity index (χ1) is 15.6. The summed E-state index contributed by atoms with van der Waals surface area (Å²) in [6, 6.07) is 14.2. The highest BCUT2D eigenvalue weighted by Crippen LogP contribution is 2.38. The Hall–Kier alpha value is -2.88. The van der Waals surface area contributed by atoms with Crippen molar-refractivity contribution < 1.29 is 8.91 Å². The highest BCUT2D eigenvalue weighted by atomic mass is 32.1. The average Bonchev–Trinajstić information content (AvgIpc) is 3.55. The maximum absolute atomic E-state index is 14.1. The Morgan fingerprint density at radius 3 is 2.75 bits per heavy atom. The van der Waals surface area contributed by atoms with Crippen LogP contribution in [0.4, 0.5) is 4.39 Å². The Labute approximate surface area is 198 Å². The molecule has 0 saturated carbocycles. The zero-order valence-electron chi connectivity index (χ0n) is 17.1. The SMILES string of the molecule is CC1=C(c2nc(-c3cccs3)no2)C(c2cccc(F)c2)NC(=S)N1CCc1cccs1. The quantitative estimate of drug-likeness (QED) is 0.345. The lowest BCUT2D eigenvalue weighted by Crippen LogP contribution is -2.46. The van der Waals surface area contributed by atoms with Crippen LogP contribution in [0, 0.1) is 5.82 Å². The summed E-state index contributed by atoms with van der Waals surface area (Å²) in [5.41, 5.74) is 2.46. The second-order valence-corrected chi connectivity index (χ2v) is 9.68. The van der Waals surface area contributed by atoms with Crippen LogP contribution in [-0.2, 0) is 6.42 Å². The molecule has 4 aromatic rings. The van der Waals surface area contributed by atoms with Crippen molar-refractivity contribution in [3.8, 4) is 10.7 Å². The molecule has 0 bridgehead atoms. The summed E-state index contributed by atoms with van der Waals surface area (Å²) in [5.74, 6) is 0.625. The Morgan fingerprint density at radius 1 is 1.16 bits per heavy atom. The van der Waals surface area contributed by atoms with Gasteiger partial charge in [-0.3, -0.25) is 0 Å². The predicted octanol–water partition coefficient (Wildman–Crippen LogP) is 5.90. The van der Waals surface area contributed by atoms with E-state index in [1.807, 2.05) is 36.6 Å². The van der Waals surface area contributed by atoms with E-state index in [2.05, 4.69) is 31.8 Å². The Balaban J connectivity index is 1.56. The van der Waals surface area contributed by atoms with Crippen LogP contribution in [0.5, 0.6) is 0 Å². The zero-order chi connectivity index (χ0) is 22.1. The summed E-state index contributed by atoms with van der Waals surface area (Å²) in [5, 5.41) is 12.2. The van der Waals surface area contributed by atoms with Crippen LogP contribution in [0.1, 0.15) is 29.3 Å². The maximum Gasteiger partial charge on any atom is 0.258 e. The van der Waals surface area contributed by atoms with E-state index in [-0.39, 0.29) is 5.82 Å². The fourth-order valence-corrected chi connectivity index (χ4v) is 5.47. The highest BCUT2D eigenvalue weighted by molar-refractivity contribution is 7.80. The first-order valence-electron chi connectivity index (χ1n) is 10.0. The smallest absolute Gasteiger partial charge is 0.258 e. The van der Waals surface area contributed by atoms with Crippen molar-refractivity contribution >= 4 is 45.6 Å². The molecule has 5 nitrogen and oxygen atoms in total. The van der Waals surface area contributed by atoms with Gasteiger partial charge in [0.15, 0.2) is 5.11 Å². The molecule has 1 aromatic carbocycles. The van der Waals surface area contributed by atoms with Crippen molar-refractivity contribution in [1.82, 2.24) is 20.4 Å². The zero-order valence-corrected chi connectivity index (χ0v) is 19.6. The van der Waals surface area contributed by atoms with Crippen LogP contribution in [0.25, 0.3) is 16.3 Å². The van der Waals surface area contributed by atoms with E-state index in [9.17, 15) is 4.39 Å². The number of rotatable bonds is 6. The van der Waals surface area contributed by atoms with Crippen LogP contribution in [-0.4, -0.2) is 26.7 Å². The van der Waals surface area contributed by atoms with Crippen molar-refractivity contribution in [2.45, 2.75) is 19.4 Å². The summed E-state index contributed by atoms with van der Waals surface area (Å²) < 4.78 is 19.8. The molecule has 0 spiro atoms. The molecular formula is C23H19FN4OS3. The first-order valence-corrected chi connectivity index (χ1v) is 12.2. The van der Waals surface area contributed by atoms with Gasteiger partial charge in [-0.15, -0.1) is 22.7 Å². The van der Waals surface area contributed by atoms with Crippen LogP contribution < -0.4 is 5.32 Å². The minimum atomic E-state index is -0.396. The number of thiophene rings is 2. The fraction of sp³-hybridized carbons (Fsp3) is 0.174. The molecule has 0 amide bonds. The minimum absolute atomic E-state index is 0.308. The van der Waals surface area contributed by atoms with Gasteiger partial charge in [0.05, 0.1) is 16.5 Å². The molecule has 1 aliphatic heterocycles. The third-order valence-corrected chi connectivity index (χ3v) is 7.48. The minimum Gasteiger partial charge on any atom is -0.351 e. The summed E-state index contributed by atoms with van der Waals surface area (Å²) in [6.45, 7) is 2.71. The molecule has 5 rings (SSSR count). The summed E-state index contributed by atoms with van der Waals surface area (Å²) in [4.78, 5) is 8.93. The van der Waals surface area contributed by atoms with E-state index < -0.39 is 6.04 Å². The number of aromatic nitrogens is 2. The monoisotopic (exact) mass is 482 g/mol. The normalized spacial score (nSPS) is 16.5. The molecule has 9 heteroatoms. The Morgan fingerprint density at radius 2 is 2.00 bits per heavy atom. The number of allylic oxidation sites excluding steroid dienone is 1. The van der Waals surface area contributed by atoms with Crippen LogP contribution >= 0.6 is 34.9 Å². The van der Waals surface area contributed by atoms with Gasteiger partial charge < -0.3 is 14.7 Å². The molecule has 3 aromatic heterocycles. The number of nitrogens with one attached hydrogen (secondary N) is 1. The van der Waals surface area contributed by atoms with Crippen molar-refractivity contribution in [2.75, 3.05) is 6.54 Å². The Kier molecular flexibility index (Phi) is 5.86. The average molecular weight is 483 g/mol.